The van der Waals surface area contributed by atoms with Gasteiger partial charge in [-0.05, 0) is 51.0 Å². The normalized spacial score (nSPS) is 22.8. The Kier molecular flexibility index (Phi) is 4.32. The molecule has 2 aliphatic rings. The Morgan fingerprint density at radius 3 is 2.11 bits per heavy atom. The number of alkyl halides is 3. The first-order valence-corrected chi connectivity index (χ1v) is 9.30. The van der Waals surface area contributed by atoms with Crippen molar-refractivity contribution in [3.05, 3.63) is 59.2 Å². The predicted octanol–water partition coefficient (Wildman–Crippen LogP) is 4.68. The number of ether oxygens (including phenoxy) is 1. The van der Waals surface area contributed by atoms with Gasteiger partial charge in [0.2, 0.25) is 0 Å². The molecule has 2 aliphatic heterocycles. The maximum Gasteiger partial charge on any atom is 0.495 e. The van der Waals surface area contributed by atoms with Gasteiger partial charge in [-0.3, -0.25) is 0 Å². The molecule has 0 aliphatic carbocycles. The summed E-state index contributed by atoms with van der Waals surface area (Å²) in [6, 6.07) is 12.0. The highest BCUT2D eigenvalue weighted by Crippen LogP contribution is 2.43. The molecular formula is C21H22BF3O3. The van der Waals surface area contributed by atoms with Gasteiger partial charge in [-0.2, -0.15) is 13.2 Å². The van der Waals surface area contributed by atoms with Gasteiger partial charge >= 0.3 is 13.3 Å². The van der Waals surface area contributed by atoms with E-state index in [2.05, 4.69) is 0 Å². The smallest absolute Gasteiger partial charge is 0.485 e. The molecule has 1 unspecified atom stereocenters. The molecule has 2 aromatic carbocycles. The highest BCUT2D eigenvalue weighted by Gasteiger charge is 2.55. The summed E-state index contributed by atoms with van der Waals surface area (Å²) in [5, 5.41) is 0. The van der Waals surface area contributed by atoms with Crippen molar-refractivity contribution in [1.29, 1.82) is 0 Å². The summed E-state index contributed by atoms with van der Waals surface area (Å²) in [4.78, 5) is 0. The van der Waals surface area contributed by atoms with Crippen molar-refractivity contribution in [2.24, 2.45) is 0 Å². The summed E-state index contributed by atoms with van der Waals surface area (Å²) in [5.74, 6) is 0.451. The van der Waals surface area contributed by atoms with Crippen molar-refractivity contribution in [3.8, 4) is 5.75 Å². The van der Waals surface area contributed by atoms with Crippen molar-refractivity contribution in [2.75, 3.05) is 0 Å². The Morgan fingerprint density at radius 1 is 0.929 bits per heavy atom. The fourth-order valence-corrected chi connectivity index (χ4v) is 3.68. The van der Waals surface area contributed by atoms with Crippen LogP contribution in [0.15, 0.2) is 42.5 Å². The predicted molar refractivity (Wildman–Crippen MR) is 101 cm³/mol. The van der Waals surface area contributed by atoms with Crippen LogP contribution < -0.4 is 10.2 Å². The lowest BCUT2D eigenvalue weighted by Crippen LogP contribution is -2.41. The van der Waals surface area contributed by atoms with Gasteiger partial charge in [0, 0.05) is 11.9 Å². The third-order valence-electron chi connectivity index (χ3n) is 5.94. The van der Waals surface area contributed by atoms with Crippen LogP contribution in [0, 0.1) is 0 Å². The minimum absolute atomic E-state index is 0.0297. The quantitative estimate of drug-likeness (QED) is 0.697. The number of rotatable bonds is 2. The monoisotopic (exact) mass is 390 g/mol. The Morgan fingerprint density at radius 2 is 1.54 bits per heavy atom. The van der Waals surface area contributed by atoms with E-state index < -0.39 is 30.1 Å². The standard InChI is InChI=1S/C21H22BF3O3/c1-19(2)20(3,4)28-22(27-19)18-14-12-17(13-8-6-5-7-9-13)26-16(14)11-10-15(18)21(23,24)25/h5-11,17H,12H2,1-4H3. The van der Waals surface area contributed by atoms with Gasteiger partial charge < -0.3 is 14.0 Å². The molecule has 7 heteroatoms. The maximum absolute atomic E-state index is 13.8. The van der Waals surface area contributed by atoms with Crippen molar-refractivity contribution < 1.29 is 27.2 Å². The highest BCUT2D eigenvalue weighted by molar-refractivity contribution is 6.63. The summed E-state index contributed by atoms with van der Waals surface area (Å²) in [5.41, 5.74) is -0.748. The van der Waals surface area contributed by atoms with Crippen molar-refractivity contribution in [1.82, 2.24) is 0 Å². The van der Waals surface area contributed by atoms with E-state index in [9.17, 15) is 13.2 Å². The third kappa shape index (κ3) is 3.10. The van der Waals surface area contributed by atoms with Gasteiger partial charge in [0.15, 0.2) is 0 Å². The summed E-state index contributed by atoms with van der Waals surface area (Å²) in [6.45, 7) is 7.30. The van der Waals surface area contributed by atoms with E-state index >= 15 is 0 Å². The van der Waals surface area contributed by atoms with Gasteiger partial charge in [0.1, 0.15) is 11.9 Å². The summed E-state index contributed by atoms with van der Waals surface area (Å²) < 4.78 is 59.4. The maximum atomic E-state index is 13.8. The topological polar surface area (TPSA) is 27.7 Å². The van der Waals surface area contributed by atoms with Gasteiger partial charge in [0.25, 0.3) is 0 Å². The van der Waals surface area contributed by atoms with Crippen LogP contribution in [-0.4, -0.2) is 18.3 Å². The first-order valence-electron chi connectivity index (χ1n) is 9.30. The molecular weight excluding hydrogens is 368 g/mol. The molecule has 28 heavy (non-hydrogen) atoms. The van der Waals surface area contributed by atoms with Gasteiger partial charge in [-0.15, -0.1) is 0 Å². The zero-order valence-corrected chi connectivity index (χ0v) is 16.3. The Hall–Kier alpha value is -1.99. The van der Waals surface area contributed by atoms with Crippen LogP contribution >= 0.6 is 0 Å². The highest BCUT2D eigenvalue weighted by atomic mass is 19.4. The molecule has 0 N–H and O–H groups in total. The van der Waals surface area contributed by atoms with Crippen LogP contribution in [0.2, 0.25) is 0 Å². The second kappa shape index (κ2) is 6.26. The molecule has 2 aromatic rings. The fraction of sp³-hybridized carbons (Fsp3) is 0.429. The molecule has 4 rings (SSSR count). The van der Waals surface area contributed by atoms with E-state index in [0.717, 1.165) is 11.6 Å². The van der Waals surface area contributed by atoms with E-state index in [1.807, 2.05) is 58.0 Å². The second-order valence-electron chi connectivity index (χ2n) is 8.31. The van der Waals surface area contributed by atoms with Crippen LogP contribution in [0.5, 0.6) is 5.75 Å². The average Bonchev–Trinajstić information content (AvgIpc) is 3.12. The van der Waals surface area contributed by atoms with Crippen LogP contribution in [0.4, 0.5) is 13.2 Å². The average molecular weight is 390 g/mol. The van der Waals surface area contributed by atoms with E-state index in [1.165, 1.54) is 6.07 Å². The fourth-order valence-electron chi connectivity index (χ4n) is 3.68. The zero-order chi connectivity index (χ0) is 20.3. The van der Waals surface area contributed by atoms with Gasteiger partial charge in [0.05, 0.1) is 16.8 Å². The summed E-state index contributed by atoms with van der Waals surface area (Å²) >= 11 is 0. The molecule has 1 saturated heterocycles. The Balaban J connectivity index is 1.80. The first-order chi connectivity index (χ1) is 13.0. The summed E-state index contributed by atoms with van der Waals surface area (Å²) in [6.07, 6.45) is -4.51. The van der Waals surface area contributed by atoms with E-state index in [0.29, 0.717) is 17.7 Å². The van der Waals surface area contributed by atoms with Crippen LogP contribution in [0.25, 0.3) is 0 Å². The molecule has 2 heterocycles. The Bertz CT molecular complexity index is 878. The molecule has 0 saturated carbocycles. The van der Waals surface area contributed by atoms with Crippen molar-refractivity contribution in [2.45, 2.75) is 57.6 Å². The first kappa shape index (κ1) is 19.3. The van der Waals surface area contributed by atoms with Crippen molar-refractivity contribution in [3.63, 3.8) is 0 Å². The van der Waals surface area contributed by atoms with E-state index in [-0.39, 0.29) is 11.6 Å². The lowest BCUT2D eigenvalue weighted by atomic mass is 9.71. The van der Waals surface area contributed by atoms with E-state index in [1.54, 1.807) is 0 Å². The molecule has 148 valence electrons. The largest absolute Gasteiger partial charge is 0.495 e. The minimum atomic E-state index is -4.52. The van der Waals surface area contributed by atoms with Crippen LogP contribution in [0.1, 0.15) is 50.5 Å². The molecule has 0 radical (unpaired) electrons. The zero-order valence-electron chi connectivity index (χ0n) is 16.3. The number of fused-ring (bicyclic) bond motifs is 1. The van der Waals surface area contributed by atoms with Gasteiger partial charge in [-0.25, -0.2) is 0 Å². The molecule has 1 fully saturated rings. The number of hydrogen-bond acceptors (Lipinski definition) is 3. The second-order valence-corrected chi connectivity index (χ2v) is 8.31. The minimum Gasteiger partial charge on any atom is -0.485 e. The molecule has 0 amide bonds. The molecule has 3 nitrogen and oxygen atoms in total. The van der Waals surface area contributed by atoms with Crippen LogP contribution in [-0.2, 0) is 21.9 Å². The van der Waals surface area contributed by atoms with E-state index in [4.69, 9.17) is 14.0 Å². The summed E-state index contributed by atoms with van der Waals surface area (Å²) in [7, 11) is -1.10. The molecule has 1 atom stereocenters. The van der Waals surface area contributed by atoms with Crippen LogP contribution in [0.3, 0.4) is 0 Å². The number of hydrogen-bond donors (Lipinski definition) is 0. The third-order valence-corrected chi connectivity index (χ3v) is 5.94. The SMILES string of the molecule is CC1(C)OB(c2c(C(F)(F)F)ccc3c2CC(c2ccccc2)O3)OC1(C)C. The van der Waals surface area contributed by atoms with Gasteiger partial charge in [-0.1, -0.05) is 30.3 Å². The lowest BCUT2D eigenvalue weighted by Gasteiger charge is -2.32. The molecule has 0 bridgehead atoms. The lowest BCUT2D eigenvalue weighted by molar-refractivity contribution is -0.136. The number of halogens is 3. The molecule has 0 aromatic heterocycles. The van der Waals surface area contributed by atoms with Crippen molar-refractivity contribution >= 4 is 12.6 Å². The number of benzene rings is 2. The Labute approximate surface area is 162 Å². The molecule has 0 spiro atoms.